The molecular formula is C9H6ClFN4O2. The molecule has 1 aromatic heterocycles. The van der Waals surface area contributed by atoms with Gasteiger partial charge in [0.25, 0.3) is 5.91 Å². The van der Waals surface area contributed by atoms with Crippen LogP contribution in [-0.4, -0.2) is 16.2 Å². The van der Waals surface area contributed by atoms with Gasteiger partial charge in [0.1, 0.15) is 5.82 Å². The average molecular weight is 257 g/mol. The van der Waals surface area contributed by atoms with Gasteiger partial charge in [0.2, 0.25) is 11.5 Å². The van der Waals surface area contributed by atoms with Crippen LogP contribution in [0.1, 0.15) is 10.5 Å². The van der Waals surface area contributed by atoms with Crippen LogP contribution in [0, 0.1) is 5.82 Å². The largest absolute Gasteiger partial charge is 0.379 e. The Morgan fingerprint density at radius 1 is 1.41 bits per heavy atom. The Bertz CT molecular complexity index is 552. The van der Waals surface area contributed by atoms with Gasteiger partial charge in [0.15, 0.2) is 0 Å². The van der Waals surface area contributed by atoms with Crippen molar-refractivity contribution in [1.29, 1.82) is 0 Å². The van der Waals surface area contributed by atoms with Crippen LogP contribution in [0.2, 0.25) is 5.02 Å². The zero-order chi connectivity index (χ0) is 12.4. The first kappa shape index (κ1) is 11.3. The quantitative estimate of drug-likeness (QED) is 0.853. The third-order valence-electron chi connectivity index (χ3n) is 1.85. The first-order chi connectivity index (χ1) is 8.06. The molecule has 0 radical (unpaired) electrons. The highest BCUT2D eigenvalue weighted by Crippen LogP contribution is 2.19. The molecule has 1 heterocycles. The van der Waals surface area contributed by atoms with E-state index in [1.54, 1.807) is 0 Å². The van der Waals surface area contributed by atoms with Gasteiger partial charge in [-0.05, 0) is 28.5 Å². The fraction of sp³-hybridized carbons (Fsp3) is 0. The van der Waals surface area contributed by atoms with E-state index in [-0.39, 0.29) is 22.2 Å². The molecular weight excluding hydrogens is 251 g/mol. The van der Waals surface area contributed by atoms with Crippen molar-refractivity contribution in [1.82, 2.24) is 10.3 Å². The van der Waals surface area contributed by atoms with Gasteiger partial charge >= 0.3 is 0 Å². The van der Waals surface area contributed by atoms with Crippen LogP contribution in [-0.2, 0) is 0 Å². The van der Waals surface area contributed by atoms with Crippen LogP contribution in [0.25, 0.3) is 0 Å². The van der Waals surface area contributed by atoms with Gasteiger partial charge in [-0.2, -0.15) is 0 Å². The molecule has 1 aromatic carbocycles. The molecule has 1 amide bonds. The SMILES string of the molecule is Nc1nonc1C(=O)Nc1cc(F)cc(Cl)c1. The van der Waals surface area contributed by atoms with Crippen molar-refractivity contribution in [3.63, 3.8) is 0 Å². The first-order valence-corrected chi connectivity index (χ1v) is 4.79. The number of nitrogens with zero attached hydrogens (tertiary/aromatic N) is 2. The van der Waals surface area contributed by atoms with E-state index in [9.17, 15) is 9.18 Å². The van der Waals surface area contributed by atoms with Crippen molar-refractivity contribution in [3.8, 4) is 0 Å². The molecule has 0 unspecified atom stereocenters. The minimum Gasteiger partial charge on any atom is -0.379 e. The molecule has 0 aliphatic carbocycles. The predicted octanol–water partition coefficient (Wildman–Crippen LogP) is 1.70. The summed E-state index contributed by atoms with van der Waals surface area (Å²) >= 11 is 5.63. The number of nitrogens with two attached hydrogens (primary N) is 1. The molecule has 0 spiro atoms. The number of hydrogen-bond donors (Lipinski definition) is 2. The highest BCUT2D eigenvalue weighted by atomic mass is 35.5. The van der Waals surface area contributed by atoms with Crippen LogP contribution in [0.15, 0.2) is 22.8 Å². The Hall–Kier alpha value is -2.15. The van der Waals surface area contributed by atoms with E-state index in [1.165, 1.54) is 6.07 Å². The molecule has 8 heteroatoms. The Balaban J connectivity index is 2.21. The average Bonchev–Trinajstić information content (AvgIpc) is 2.62. The second kappa shape index (κ2) is 4.38. The zero-order valence-corrected chi connectivity index (χ0v) is 9.03. The number of carbonyl (C=O) groups is 1. The lowest BCUT2D eigenvalue weighted by molar-refractivity contribution is 0.101. The highest BCUT2D eigenvalue weighted by Gasteiger charge is 2.16. The smallest absolute Gasteiger partial charge is 0.281 e. The topological polar surface area (TPSA) is 94.0 Å². The zero-order valence-electron chi connectivity index (χ0n) is 8.28. The lowest BCUT2D eigenvalue weighted by Crippen LogP contribution is -2.14. The van der Waals surface area contributed by atoms with Gasteiger partial charge in [0.05, 0.1) is 0 Å². The maximum atomic E-state index is 13.0. The van der Waals surface area contributed by atoms with Gasteiger partial charge in [0, 0.05) is 10.7 Å². The number of aromatic nitrogens is 2. The van der Waals surface area contributed by atoms with Crippen LogP contribution in [0.4, 0.5) is 15.9 Å². The van der Waals surface area contributed by atoms with Gasteiger partial charge < -0.3 is 11.1 Å². The predicted molar refractivity (Wildman–Crippen MR) is 58.1 cm³/mol. The van der Waals surface area contributed by atoms with E-state index in [2.05, 4.69) is 20.3 Å². The minimum atomic E-state index is -0.662. The molecule has 0 aliphatic rings. The van der Waals surface area contributed by atoms with E-state index in [1.807, 2.05) is 0 Å². The number of carbonyl (C=O) groups excluding carboxylic acids is 1. The van der Waals surface area contributed by atoms with E-state index >= 15 is 0 Å². The van der Waals surface area contributed by atoms with E-state index in [0.717, 1.165) is 12.1 Å². The molecule has 0 saturated carbocycles. The molecule has 0 atom stereocenters. The number of halogens is 2. The van der Waals surface area contributed by atoms with Gasteiger partial charge in [-0.15, -0.1) is 0 Å². The molecule has 88 valence electrons. The second-order valence-corrected chi connectivity index (χ2v) is 3.55. The monoisotopic (exact) mass is 256 g/mol. The molecule has 3 N–H and O–H groups in total. The summed E-state index contributed by atoms with van der Waals surface area (Å²) in [5.41, 5.74) is 5.33. The van der Waals surface area contributed by atoms with E-state index in [4.69, 9.17) is 17.3 Å². The summed E-state index contributed by atoms with van der Waals surface area (Å²) in [6.45, 7) is 0. The van der Waals surface area contributed by atoms with E-state index < -0.39 is 11.7 Å². The van der Waals surface area contributed by atoms with Crippen LogP contribution in [0.5, 0.6) is 0 Å². The van der Waals surface area contributed by atoms with Crippen LogP contribution in [0.3, 0.4) is 0 Å². The molecule has 2 aromatic rings. The molecule has 0 saturated heterocycles. The minimum absolute atomic E-state index is 0.148. The maximum absolute atomic E-state index is 13.0. The Kier molecular flexibility index (Phi) is 2.92. The van der Waals surface area contributed by atoms with Crippen LogP contribution >= 0.6 is 11.6 Å². The van der Waals surface area contributed by atoms with Gasteiger partial charge in [-0.3, -0.25) is 4.79 Å². The molecule has 0 aliphatic heterocycles. The molecule has 0 fully saturated rings. The van der Waals surface area contributed by atoms with Crippen molar-refractivity contribution in [2.75, 3.05) is 11.1 Å². The number of rotatable bonds is 2. The third kappa shape index (κ3) is 2.51. The molecule has 2 rings (SSSR count). The van der Waals surface area contributed by atoms with Crippen molar-refractivity contribution >= 4 is 29.0 Å². The second-order valence-electron chi connectivity index (χ2n) is 3.11. The summed E-state index contributed by atoms with van der Waals surface area (Å²) in [5, 5.41) is 9.07. The van der Waals surface area contributed by atoms with Crippen molar-refractivity contribution in [2.24, 2.45) is 0 Å². The van der Waals surface area contributed by atoms with E-state index in [0.29, 0.717) is 0 Å². The summed E-state index contributed by atoms with van der Waals surface area (Å²) < 4.78 is 17.3. The van der Waals surface area contributed by atoms with Gasteiger partial charge in [-0.25, -0.2) is 9.02 Å². The first-order valence-electron chi connectivity index (χ1n) is 4.42. The normalized spacial score (nSPS) is 10.2. The Morgan fingerprint density at radius 3 is 2.76 bits per heavy atom. The number of anilines is 2. The summed E-state index contributed by atoms with van der Waals surface area (Å²) in [5.74, 6) is -1.38. The fourth-order valence-electron chi connectivity index (χ4n) is 1.17. The molecule has 6 nitrogen and oxygen atoms in total. The van der Waals surface area contributed by atoms with Crippen LogP contribution < -0.4 is 11.1 Å². The number of nitrogen functional groups attached to an aromatic ring is 1. The summed E-state index contributed by atoms with van der Waals surface area (Å²) in [4.78, 5) is 11.6. The Labute approximate surface area is 99.5 Å². The summed E-state index contributed by atoms with van der Waals surface area (Å²) in [6.07, 6.45) is 0. The lowest BCUT2D eigenvalue weighted by atomic mass is 10.3. The number of amides is 1. The Morgan fingerprint density at radius 2 is 2.18 bits per heavy atom. The van der Waals surface area contributed by atoms with Gasteiger partial charge in [-0.1, -0.05) is 11.6 Å². The van der Waals surface area contributed by atoms with Crippen molar-refractivity contribution in [3.05, 3.63) is 34.7 Å². The fourth-order valence-corrected chi connectivity index (χ4v) is 1.39. The number of benzene rings is 1. The standard InChI is InChI=1S/C9H6ClFN4O2/c10-4-1-5(11)3-6(2-4)13-9(16)7-8(12)15-17-14-7/h1-3H,(H2,12,15)(H,13,16). The van der Waals surface area contributed by atoms with Crippen molar-refractivity contribution < 1.29 is 13.8 Å². The maximum Gasteiger partial charge on any atom is 0.281 e. The van der Waals surface area contributed by atoms with Crippen molar-refractivity contribution in [2.45, 2.75) is 0 Å². The lowest BCUT2D eigenvalue weighted by Gasteiger charge is -2.03. The number of hydrogen-bond acceptors (Lipinski definition) is 5. The molecule has 17 heavy (non-hydrogen) atoms. The summed E-state index contributed by atoms with van der Waals surface area (Å²) in [6, 6.07) is 3.60. The molecule has 0 bridgehead atoms. The third-order valence-corrected chi connectivity index (χ3v) is 2.07. The summed E-state index contributed by atoms with van der Waals surface area (Å²) in [7, 11) is 0. The highest BCUT2D eigenvalue weighted by molar-refractivity contribution is 6.31. The number of nitrogens with one attached hydrogen (secondary N) is 1.